The molecule has 6 nitrogen and oxygen atoms in total. The second-order valence-electron chi connectivity index (χ2n) is 4.91. The van der Waals surface area contributed by atoms with Crippen LogP contribution in [0.2, 0.25) is 0 Å². The molecular weight excluding hydrogens is 236 g/mol. The number of phenolic OH excluding ortho intramolecular Hbond substituents is 1. The van der Waals surface area contributed by atoms with Crippen molar-refractivity contribution in [1.29, 1.82) is 0 Å². The molecular formula is C12H18N2O4. The maximum atomic E-state index is 10.8. The molecule has 0 heterocycles. The van der Waals surface area contributed by atoms with Crippen LogP contribution < -0.4 is 10.5 Å². The Kier molecular flexibility index (Phi) is 4.13. The number of hydrogen-bond acceptors (Lipinski definition) is 5. The van der Waals surface area contributed by atoms with Gasteiger partial charge in [0.1, 0.15) is 0 Å². The Morgan fingerprint density at radius 1 is 1.50 bits per heavy atom. The van der Waals surface area contributed by atoms with Crippen molar-refractivity contribution < 1.29 is 14.8 Å². The zero-order chi connectivity index (χ0) is 13.9. The summed E-state index contributed by atoms with van der Waals surface area (Å²) in [6.45, 7) is 3.78. The molecule has 3 N–H and O–H groups in total. The second-order valence-corrected chi connectivity index (χ2v) is 4.91. The largest absolute Gasteiger partial charge is 0.500 e. The first kappa shape index (κ1) is 14.2. The predicted molar refractivity (Wildman–Crippen MR) is 67.9 cm³/mol. The minimum absolute atomic E-state index is 0.106. The van der Waals surface area contributed by atoms with Crippen LogP contribution >= 0.6 is 0 Å². The Balaban J connectivity index is 3.06. The molecule has 0 radical (unpaired) electrons. The van der Waals surface area contributed by atoms with Crippen molar-refractivity contribution in [2.75, 3.05) is 7.11 Å². The molecule has 0 amide bonds. The number of methoxy groups -OCH3 is 1. The van der Waals surface area contributed by atoms with Crippen LogP contribution in [0.5, 0.6) is 11.5 Å². The van der Waals surface area contributed by atoms with Gasteiger partial charge < -0.3 is 15.6 Å². The summed E-state index contributed by atoms with van der Waals surface area (Å²) < 4.78 is 4.92. The van der Waals surface area contributed by atoms with Crippen LogP contribution in [0.1, 0.15) is 25.8 Å². The molecule has 0 fully saturated rings. The third-order valence-electron chi connectivity index (χ3n) is 2.59. The summed E-state index contributed by atoms with van der Waals surface area (Å²) >= 11 is 0. The van der Waals surface area contributed by atoms with Crippen LogP contribution in [-0.2, 0) is 6.42 Å². The van der Waals surface area contributed by atoms with Gasteiger partial charge in [-0.15, -0.1) is 0 Å². The number of benzene rings is 1. The van der Waals surface area contributed by atoms with E-state index >= 15 is 0 Å². The molecule has 0 unspecified atom stereocenters. The number of phenols is 1. The lowest BCUT2D eigenvalue weighted by molar-refractivity contribution is -0.386. The standard InChI is InChI=1S/C12H18N2O4/c1-12(2,13)5-4-8-6-9(14(16)17)11(15)10(7-8)18-3/h6-7,15H,4-5,13H2,1-3H3. The molecule has 1 aromatic carbocycles. The number of nitrogens with two attached hydrogens (primary N) is 1. The van der Waals surface area contributed by atoms with Gasteiger partial charge in [-0.1, -0.05) is 0 Å². The van der Waals surface area contributed by atoms with Crippen LogP contribution in [0.25, 0.3) is 0 Å². The Labute approximate surface area is 106 Å². The van der Waals surface area contributed by atoms with Gasteiger partial charge in [0.15, 0.2) is 5.75 Å². The molecule has 6 heteroatoms. The smallest absolute Gasteiger partial charge is 0.314 e. The first-order valence-electron chi connectivity index (χ1n) is 5.58. The van der Waals surface area contributed by atoms with E-state index in [1.807, 2.05) is 13.8 Å². The monoisotopic (exact) mass is 254 g/mol. The summed E-state index contributed by atoms with van der Waals surface area (Å²) in [5.41, 5.74) is 5.89. The zero-order valence-corrected chi connectivity index (χ0v) is 10.8. The first-order valence-corrected chi connectivity index (χ1v) is 5.58. The maximum absolute atomic E-state index is 10.8. The summed E-state index contributed by atoms with van der Waals surface area (Å²) in [6.07, 6.45) is 1.26. The third kappa shape index (κ3) is 3.59. The van der Waals surface area contributed by atoms with E-state index in [4.69, 9.17) is 10.5 Å². The van der Waals surface area contributed by atoms with E-state index in [-0.39, 0.29) is 17.0 Å². The lowest BCUT2D eigenvalue weighted by Crippen LogP contribution is -2.32. The number of nitro groups is 1. The number of ether oxygens (including phenoxy) is 1. The fourth-order valence-electron chi connectivity index (χ4n) is 1.55. The maximum Gasteiger partial charge on any atom is 0.314 e. The van der Waals surface area contributed by atoms with Crippen molar-refractivity contribution in [2.24, 2.45) is 5.73 Å². The van der Waals surface area contributed by atoms with Crippen molar-refractivity contribution >= 4 is 5.69 Å². The van der Waals surface area contributed by atoms with Gasteiger partial charge in [-0.25, -0.2) is 0 Å². The highest BCUT2D eigenvalue weighted by Crippen LogP contribution is 2.37. The molecule has 0 aliphatic heterocycles. The molecule has 1 rings (SSSR count). The van der Waals surface area contributed by atoms with Gasteiger partial charge in [-0.3, -0.25) is 10.1 Å². The minimum atomic E-state index is -0.630. The Morgan fingerprint density at radius 2 is 2.11 bits per heavy atom. The van der Waals surface area contributed by atoms with E-state index in [0.717, 1.165) is 5.56 Å². The second kappa shape index (κ2) is 5.22. The molecule has 1 aromatic rings. The number of hydrogen-bond donors (Lipinski definition) is 2. The predicted octanol–water partition coefficient (Wildman–Crippen LogP) is 1.98. The first-order chi connectivity index (χ1) is 8.24. The molecule has 18 heavy (non-hydrogen) atoms. The fourth-order valence-corrected chi connectivity index (χ4v) is 1.55. The highest BCUT2D eigenvalue weighted by molar-refractivity contribution is 5.57. The molecule has 100 valence electrons. The van der Waals surface area contributed by atoms with Crippen molar-refractivity contribution in [1.82, 2.24) is 0 Å². The van der Waals surface area contributed by atoms with E-state index in [9.17, 15) is 15.2 Å². The fraction of sp³-hybridized carbons (Fsp3) is 0.500. The minimum Gasteiger partial charge on any atom is -0.500 e. The highest BCUT2D eigenvalue weighted by Gasteiger charge is 2.20. The number of nitro benzene ring substituents is 1. The van der Waals surface area contributed by atoms with Gasteiger partial charge in [0.2, 0.25) is 5.75 Å². The highest BCUT2D eigenvalue weighted by atomic mass is 16.6. The molecule has 0 aliphatic rings. The topological polar surface area (TPSA) is 98.6 Å². The van der Waals surface area contributed by atoms with E-state index in [2.05, 4.69) is 0 Å². The number of rotatable bonds is 5. The van der Waals surface area contributed by atoms with Gasteiger partial charge in [0.05, 0.1) is 12.0 Å². The lowest BCUT2D eigenvalue weighted by atomic mass is 9.96. The summed E-state index contributed by atoms with van der Waals surface area (Å²) in [5, 5.41) is 20.4. The van der Waals surface area contributed by atoms with Gasteiger partial charge >= 0.3 is 5.69 Å². The van der Waals surface area contributed by atoms with Gasteiger partial charge in [0.25, 0.3) is 0 Å². The summed E-state index contributed by atoms with van der Waals surface area (Å²) in [5.74, 6) is -0.340. The van der Waals surface area contributed by atoms with Crippen LogP contribution in [-0.4, -0.2) is 22.7 Å². The van der Waals surface area contributed by atoms with Crippen LogP contribution in [0.3, 0.4) is 0 Å². The van der Waals surface area contributed by atoms with Crippen LogP contribution in [0.15, 0.2) is 12.1 Å². The molecule has 0 atom stereocenters. The van der Waals surface area contributed by atoms with Crippen molar-refractivity contribution in [2.45, 2.75) is 32.2 Å². The molecule has 0 aromatic heterocycles. The number of nitrogens with zero attached hydrogens (tertiary/aromatic N) is 1. The third-order valence-corrected chi connectivity index (χ3v) is 2.59. The molecule has 0 bridgehead atoms. The van der Waals surface area contributed by atoms with Gasteiger partial charge in [-0.2, -0.15) is 0 Å². The quantitative estimate of drug-likeness (QED) is 0.618. The zero-order valence-electron chi connectivity index (χ0n) is 10.8. The van der Waals surface area contributed by atoms with Crippen molar-refractivity contribution in [3.8, 4) is 11.5 Å². The molecule has 0 aliphatic carbocycles. The molecule has 0 saturated carbocycles. The number of aryl methyl sites for hydroxylation is 1. The van der Waals surface area contributed by atoms with Gasteiger partial charge in [-0.05, 0) is 38.3 Å². The van der Waals surface area contributed by atoms with Gasteiger partial charge in [0, 0.05) is 11.6 Å². The Bertz CT molecular complexity index is 452. The molecule has 0 spiro atoms. The van der Waals surface area contributed by atoms with Crippen molar-refractivity contribution in [3.63, 3.8) is 0 Å². The normalized spacial score (nSPS) is 11.3. The van der Waals surface area contributed by atoms with E-state index in [0.29, 0.717) is 12.8 Å². The molecule has 0 saturated heterocycles. The van der Waals surface area contributed by atoms with Crippen molar-refractivity contribution in [3.05, 3.63) is 27.8 Å². The average molecular weight is 254 g/mol. The van der Waals surface area contributed by atoms with E-state index < -0.39 is 10.7 Å². The SMILES string of the molecule is COc1cc(CCC(C)(C)N)cc([N+](=O)[O-])c1O. The van der Waals surface area contributed by atoms with Crippen LogP contribution in [0, 0.1) is 10.1 Å². The summed E-state index contributed by atoms with van der Waals surface area (Å²) in [4.78, 5) is 10.2. The lowest BCUT2D eigenvalue weighted by Gasteiger charge is -2.18. The summed E-state index contributed by atoms with van der Waals surface area (Å²) in [6, 6.07) is 2.94. The van der Waals surface area contributed by atoms with E-state index in [1.54, 1.807) is 6.07 Å². The average Bonchev–Trinajstić information content (AvgIpc) is 2.26. The number of aromatic hydroxyl groups is 1. The Hall–Kier alpha value is -1.82. The Morgan fingerprint density at radius 3 is 2.56 bits per heavy atom. The van der Waals surface area contributed by atoms with E-state index in [1.165, 1.54) is 13.2 Å². The summed E-state index contributed by atoms with van der Waals surface area (Å²) in [7, 11) is 1.36. The van der Waals surface area contributed by atoms with Crippen LogP contribution in [0.4, 0.5) is 5.69 Å².